The maximum Gasteiger partial charge on any atom is 0.337 e. The van der Waals surface area contributed by atoms with Crippen LogP contribution < -0.4 is 10.6 Å². The van der Waals surface area contributed by atoms with Gasteiger partial charge in [-0.1, -0.05) is 6.07 Å². The zero-order valence-electron chi connectivity index (χ0n) is 15.8. The Labute approximate surface area is 162 Å². The number of ether oxygens (including phenoxy) is 1. The monoisotopic (exact) mass is 376 g/mol. The van der Waals surface area contributed by atoms with E-state index in [1.807, 2.05) is 32.0 Å². The standard InChI is InChI=1S/C21H20N4O3/c1-13-8-14(2)10-18(9-13)24-19(26)16-11-22-21(23-12-16)25-17-6-4-15(5-7-17)20(27)28-3/h4-12H,1-3H3,(H,24,26)(H,22,23,25). The first kappa shape index (κ1) is 19.0. The summed E-state index contributed by atoms with van der Waals surface area (Å²) >= 11 is 0. The van der Waals surface area contributed by atoms with Crippen LogP contribution in [-0.4, -0.2) is 29.0 Å². The molecule has 3 rings (SSSR count). The average Bonchev–Trinajstić information content (AvgIpc) is 2.67. The molecule has 0 spiro atoms. The van der Waals surface area contributed by atoms with Crippen LogP contribution >= 0.6 is 0 Å². The summed E-state index contributed by atoms with van der Waals surface area (Å²) in [5.41, 5.74) is 4.39. The summed E-state index contributed by atoms with van der Waals surface area (Å²) in [6.45, 7) is 3.95. The topological polar surface area (TPSA) is 93.2 Å². The fourth-order valence-corrected chi connectivity index (χ4v) is 2.70. The zero-order chi connectivity index (χ0) is 20.1. The highest BCUT2D eigenvalue weighted by Gasteiger charge is 2.09. The van der Waals surface area contributed by atoms with Crippen LogP contribution in [0, 0.1) is 13.8 Å². The number of nitrogens with zero attached hydrogens (tertiary/aromatic N) is 2. The number of nitrogens with one attached hydrogen (secondary N) is 2. The summed E-state index contributed by atoms with van der Waals surface area (Å²) in [5.74, 6) is -0.338. The Bertz CT molecular complexity index is 979. The van der Waals surface area contributed by atoms with Crippen molar-refractivity contribution in [2.24, 2.45) is 0 Å². The van der Waals surface area contributed by atoms with Crippen molar-refractivity contribution in [1.82, 2.24) is 9.97 Å². The number of aryl methyl sites for hydroxylation is 2. The predicted octanol–water partition coefficient (Wildman–Crippen LogP) is 3.88. The molecule has 28 heavy (non-hydrogen) atoms. The number of carbonyl (C=O) groups excluding carboxylic acids is 2. The molecule has 0 atom stereocenters. The molecule has 0 radical (unpaired) electrons. The van der Waals surface area contributed by atoms with Crippen molar-refractivity contribution in [3.8, 4) is 0 Å². The number of hydrogen-bond acceptors (Lipinski definition) is 6. The zero-order valence-corrected chi connectivity index (χ0v) is 15.8. The van der Waals surface area contributed by atoms with E-state index in [1.54, 1.807) is 24.3 Å². The van der Waals surface area contributed by atoms with Gasteiger partial charge in [0.25, 0.3) is 5.91 Å². The van der Waals surface area contributed by atoms with Gasteiger partial charge < -0.3 is 15.4 Å². The fraction of sp³-hybridized carbons (Fsp3) is 0.143. The van der Waals surface area contributed by atoms with Gasteiger partial charge >= 0.3 is 5.97 Å². The molecule has 0 aliphatic carbocycles. The normalized spacial score (nSPS) is 10.2. The van der Waals surface area contributed by atoms with Crippen LogP contribution in [0.1, 0.15) is 31.8 Å². The highest BCUT2D eigenvalue weighted by atomic mass is 16.5. The van der Waals surface area contributed by atoms with Crippen molar-refractivity contribution >= 4 is 29.2 Å². The lowest BCUT2D eigenvalue weighted by molar-refractivity contribution is 0.0600. The second kappa shape index (κ2) is 8.30. The van der Waals surface area contributed by atoms with Crippen molar-refractivity contribution < 1.29 is 14.3 Å². The molecule has 1 aromatic heterocycles. The quantitative estimate of drug-likeness (QED) is 0.657. The minimum absolute atomic E-state index is 0.279. The minimum Gasteiger partial charge on any atom is -0.465 e. The minimum atomic E-state index is -0.401. The Kier molecular flexibility index (Phi) is 5.64. The fourth-order valence-electron chi connectivity index (χ4n) is 2.70. The third-order valence-corrected chi connectivity index (χ3v) is 3.96. The van der Waals surface area contributed by atoms with E-state index in [-0.39, 0.29) is 5.91 Å². The van der Waals surface area contributed by atoms with Crippen molar-refractivity contribution in [1.29, 1.82) is 0 Å². The Morgan fingerprint density at radius 3 is 2.04 bits per heavy atom. The van der Waals surface area contributed by atoms with Crippen LogP contribution in [0.2, 0.25) is 0 Å². The number of benzene rings is 2. The number of rotatable bonds is 5. The second-order valence-corrected chi connectivity index (χ2v) is 6.32. The van der Waals surface area contributed by atoms with E-state index in [4.69, 9.17) is 0 Å². The predicted molar refractivity (Wildman–Crippen MR) is 107 cm³/mol. The molecule has 0 aliphatic rings. The summed E-state index contributed by atoms with van der Waals surface area (Å²) in [6, 6.07) is 12.6. The number of aromatic nitrogens is 2. The highest BCUT2D eigenvalue weighted by Crippen LogP contribution is 2.16. The van der Waals surface area contributed by atoms with Gasteiger partial charge in [0.05, 0.1) is 18.2 Å². The Morgan fingerprint density at radius 2 is 1.46 bits per heavy atom. The molecule has 0 saturated heterocycles. The molecule has 0 fully saturated rings. The van der Waals surface area contributed by atoms with Crippen molar-refractivity contribution in [3.63, 3.8) is 0 Å². The molecule has 0 saturated carbocycles. The van der Waals surface area contributed by atoms with Gasteiger partial charge in [-0.25, -0.2) is 14.8 Å². The van der Waals surface area contributed by atoms with Crippen LogP contribution in [0.4, 0.5) is 17.3 Å². The first-order valence-electron chi connectivity index (χ1n) is 8.62. The lowest BCUT2D eigenvalue weighted by Crippen LogP contribution is -2.13. The van der Waals surface area contributed by atoms with Gasteiger partial charge in [-0.05, 0) is 61.4 Å². The molecule has 0 bridgehead atoms. The summed E-state index contributed by atoms with van der Waals surface area (Å²) in [7, 11) is 1.33. The maximum atomic E-state index is 12.4. The smallest absolute Gasteiger partial charge is 0.337 e. The number of carbonyl (C=O) groups is 2. The average molecular weight is 376 g/mol. The summed E-state index contributed by atoms with van der Waals surface area (Å²) in [6.07, 6.45) is 2.91. The first-order chi connectivity index (χ1) is 13.4. The van der Waals surface area contributed by atoms with Crippen molar-refractivity contribution in [2.75, 3.05) is 17.7 Å². The Balaban J connectivity index is 1.65. The van der Waals surface area contributed by atoms with Crippen LogP contribution in [-0.2, 0) is 4.74 Å². The summed E-state index contributed by atoms with van der Waals surface area (Å²) < 4.78 is 4.66. The van der Waals surface area contributed by atoms with Gasteiger partial charge in [-0.15, -0.1) is 0 Å². The van der Waals surface area contributed by atoms with E-state index >= 15 is 0 Å². The number of anilines is 3. The van der Waals surface area contributed by atoms with Gasteiger partial charge in [0, 0.05) is 23.8 Å². The number of hydrogen-bond donors (Lipinski definition) is 2. The van der Waals surface area contributed by atoms with Crippen molar-refractivity contribution in [2.45, 2.75) is 13.8 Å². The van der Waals surface area contributed by atoms with Crippen LogP contribution in [0.15, 0.2) is 54.9 Å². The molecule has 7 heteroatoms. The van der Waals surface area contributed by atoms with E-state index in [9.17, 15) is 9.59 Å². The highest BCUT2D eigenvalue weighted by molar-refractivity contribution is 6.04. The molecule has 0 unspecified atom stereocenters. The molecule has 3 aromatic rings. The maximum absolute atomic E-state index is 12.4. The molecular formula is C21H20N4O3. The Hall–Kier alpha value is -3.74. The number of amides is 1. The number of methoxy groups -OCH3 is 1. The molecule has 0 aliphatic heterocycles. The SMILES string of the molecule is COC(=O)c1ccc(Nc2ncc(C(=O)Nc3cc(C)cc(C)c3)cn2)cc1. The van der Waals surface area contributed by atoms with Gasteiger partial charge in [0.2, 0.25) is 5.95 Å². The van der Waals surface area contributed by atoms with E-state index in [0.29, 0.717) is 22.8 Å². The lowest BCUT2D eigenvalue weighted by atomic mass is 10.1. The summed E-state index contributed by atoms with van der Waals surface area (Å²) in [4.78, 5) is 32.2. The molecule has 2 N–H and O–H groups in total. The lowest BCUT2D eigenvalue weighted by Gasteiger charge is -2.08. The largest absolute Gasteiger partial charge is 0.465 e. The van der Waals surface area contributed by atoms with Crippen LogP contribution in [0.3, 0.4) is 0 Å². The van der Waals surface area contributed by atoms with E-state index in [2.05, 4.69) is 25.3 Å². The van der Waals surface area contributed by atoms with Gasteiger partial charge in [0.1, 0.15) is 0 Å². The van der Waals surface area contributed by atoms with Gasteiger partial charge in [-0.2, -0.15) is 0 Å². The number of esters is 1. The molecule has 7 nitrogen and oxygen atoms in total. The van der Waals surface area contributed by atoms with E-state index in [1.165, 1.54) is 19.5 Å². The first-order valence-corrected chi connectivity index (χ1v) is 8.62. The van der Waals surface area contributed by atoms with E-state index < -0.39 is 5.97 Å². The van der Waals surface area contributed by atoms with Crippen LogP contribution in [0.25, 0.3) is 0 Å². The van der Waals surface area contributed by atoms with Crippen molar-refractivity contribution in [3.05, 3.63) is 77.1 Å². The van der Waals surface area contributed by atoms with Gasteiger partial charge in [-0.3, -0.25) is 4.79 Å². The molecular weight excluding hydrogens is 356 g/mol. The van der Waals surface area contributed by atoms with E-state index in [0.717, 1.165) is 16.8 Å². The van der Waals surface area contributed by atoms with Crippen LogP contribution in [0.5, 0.6) is 0 Å². The molecule has 1 amide bonds. The molecule has 142 valence electrons. The molecule has 1 heterocycles. The third-order valence-electron chi connectivity index (χ3n) is 3.96. The Morgan fingerprint density at radius 1 is 0.857 bits per heavy atom. The summed E-state index contributed by atoms with van der Waals surface area (Å²) in [5, 5.41) is 5.86. The second-order valence-electron chi connectivity index (χ2n) is 6.32. The third kappa shape index (κ3) is 4.70. The molecule has 2 aromatic carbocycles. The van der Waals surface area contributed by atoms with Gasteiger partial charge in [0.15, 0.2) is 0 Å².